The van der Waals surface area contributed by atoms with Crippen molar-refractivity contribution < 1.29 is 19.0 Å². The molecule has 0 aliphatic rings. The number of rotatable bonds is 6. The van der Waals surface area contributed by atoms with Crippen LogP contribution in [0.25, 0.3) is 0 Å². The fourth-order valence-electron chi connectivity index (χ4n) is 1.99. The van der Waals surface area contributed by atoms with Crippen LogP contribution in [-0.4, -0.2) is 31.5 Å². The zero-order chi connectivity index (χ0) is 18.2. The summed E-state index contributed by atoms with van der Waals surface area (Å²) in [5.74, 6) is 0.534. The summed E-state index contributed by atoms with van der Waals surface area (Å²) in [5.41, 5.74) is 8.76. The molecule has 0 amide bonds. The molecule has 0 heterocycles. The van der Waals surface area contributed by atoms with Crippen LogP contribution in [0.4, 0.5) is 0 Å². The van der Waals surface area contributed by atoms with Gasteiger partial charge in [0.2, 0.25) is 0 Å². The minimum absolute atomic E-state index is 0.0607. The molecule has 0 bridgehead atoms. The van der Waals surface area contributed by atoms with Crippen LogP contribution < -0.4 is 25.4 Å². The van der Waals surface area contributed by atoms with Crippen molar-refractivity contribution in [3.05, 3.63) is 53.6 Å². The number of nitrogens with zero attached hydrogens (tertiary/aromatic N) is 1. The average Bonchev–Trinajstić information content (AvgIpc) is 2.62. The first-order chi connectivity index (χ1) is 12.0. The number of esters is 1. The van der Waals surface area contributed by atoms with Crippen LogP contribution in [-0.2, 0) is 0 Å². The number of methoxy groups -OCH3 is 2. The summed E-state index contributed by atoms with van der Waals surface area (Å²) in [4.78, 5) is 12.4. The van der Waals surface area contributed by atoms with Gasteiger partial charge in [-0.25, -0.2) is 4.79 Å². The molecule has 0 unspecified atom stereocenters. The van der Waals surface area contributed by atoms with Gasteiger partial charge in [-0.05, 0) is 48.1 Å². The Hall–Kier alpha value is -3.13. The summed E-state index contributed by atoms with van der Waals surface area (Å²) in [6.07, 6.45) is 1.51. The van der Waals surface area contributed by atoms with E-state index in [0.29, 0.717) is 22.6 Å². The maximum absolute atomic E-state index is 12.4. The van der Waals surface area contributed by atoms with Gasteiger partial charge in [0.25, 0.3) is 0 Å². The number of ether oxygens (including phenoxy) is 3. The Kier molecular flexibility index (Phi) is 6.30. The highest BCUT2D eigenvalue weighted by molar-refractivity contribution is 7.80. The lowest BCUT2D eigenvalue weighted by molar-refractivity contribution is 0.0726. The minimum Gasteiger partial charge on any atom is -0.496 e. The normalized spacial score (nSPS) is 10.3. The number of hydrazone groups is 1. The van der Waals surface area contributed by atoms with Crippen LogP contribution in [0.15, 0.2) is 47.6 Å². The third kappa shape index (κ3) is 4.92. The van der Waals surface area contributed by atoms with Gasteiger partial charge in [0.1, 0.15) is 11.3 Å². The first-order valence-electron chi connectivity index (χ1n) is 7.17. The zero-order valence-corrected chi connectivity index (χ0v) is 14.5. The molecular formula is C17H17N3O4S. The molecule has 0 aromatic heterocycles. The number of hydrogen-bond acceptors (Lipinski definition) is 6. The van der Waals surface area contributed by atoms with Gasteiger partial charge in [0, 0.05) is 0 Å². The Morgan fingerprint density at radius 2 is 1.84 bits per heavy atom. The molecule has 0 saturated carbocycles. The molecule has 3 N–H and O–H groups in total. The van der Waals surface area contributed by atoms with E-state index in [-0.39, 0.29) is 10.9 Å². The summed E-state index contributed by atoms with van der Waals surface area (Å²) < 4.78 is 15.8. The van der Waals surface area contributed by atoms with Gasteiger partial charge < -0.3 is 19.9 Å². The molecule has 0 aliphatic carbocycles. The molecule has 0 radical (unpaired) electrons. The summed E-state index contributed by atoms with van der Waals surface area (Å²) in [7, 11) is 2.96. The first-order valence-corrected chi connectivity index (χ1v) is 7.57. The number of thiocarbonyl (C=S) groups is 1. The van der Waals surface area contributed by atoms with Crippen molar-refractivity contribution in [2.45, 2.75) is 0 Å². The topological polar surface area (TPSA) is 95.2 Å². The lowest BCUT2D eigenvalue weighted by Crippen LogP contribution is -2.23. The molecule has 0 saturated heterocycles. The quantitative estimate of drug-likeness (QED) is 0.268. The van der Waals surface area contributed by atoms with E-state index in [1.165, 1.54) is 20.4 Å². The van der Waals surface area contributed by atoms with E-state index in [0.717, 1.165) is 0 Å². The average molecular weight is 359 g/mol. The highest BCUT2D eigenvalue weighted by Crippen LogP contribution is 2.29. The Balaban J connectivity index is 2.20. The fraction of sp³-hybridized carbons (Fsp3) is 0.118. The standard InChI is InChI=1S/C17H17N3O4S/c1-22-13-6-4-3-5-12(13)16(21)24-14-8-7-11(9-15(14)23-2)10-19-20-17(18)25/h3-10H,1-2H3,(H3,18,20,25). The van der Waals surface area contributed by atoms with E-state index in [1.807, 2.05) is 0 Å². The van der Waals surface area contributed by atoms with Crippen LogP contribution >= 0.6 is 12.2 Å². The lowest BCUT2D eigenvalue weighted by atomic mass is 10.2. The number of para-hydroxylation sites is 1. The highest BCUT2D eigenvalue weighted by atomic mass is 32.1. The predicted molar refractivity (Wildman–Crippen MR) is 98.5 cm³/mol. The number of nitrogens with one attached hydrogen (secondary N) is 1. The molecule has 2 rings (SSSR count). The monoisotopic (exact) mass is 359 g/mol. The Morgan fingerprint density at radius 1 is 1.12 bits per heavy atom. The SMILES string of the molecule is COc1cc(C=NNC(N)=S)ccc1OC(=O)c1ccccc1OC. The number of hydrogen-bond donors (Lipinski definition) is 2. The minimum atomic E-state index is -0.549. The third-order valence-electron chi connectivity index (χ3n) is 3.11. The molecule has 0 fully saturated rings. The van der Waals surface area contributed by atoms with Crippen molar-refractivity contribution in [3.8, 4) is 17.2 Å². The van der Waals surface area contributed by atoms with Gasteiger partial charge in [0.05, 0.1) is 20.4 Å². The summed E-state index contributed by atoms with van der Waals surface area (Å²) in [5, 5.41) is 3.92. The van der Waals surface area contributed by atoms with Crippen LogP contribution in [0.1, 0.15) is 15.9 Å². The number of carbonyl (C=O) groups excluding carboxylic acids is 1. The molecule has 7 nitrogen and oxygen atoms in total. The van der Waals surface area contributed by atoms with Crippen molar-refractivity contribution >= 4 is 29.5 Å². The largest absolute Gasteiger partial charge is 0.496 e. The Bertz CT molecular complexity index is 808. The molecule has 8 heteroatoms. The molecule has 2 aromatic carbocycles. The summed E-state index contributed by atoms with van der Waals surface area (Å²) in [6, 6.07) is 11.8. The van der Waals surface area contributed by atoms with Crippen LogP contribution in [0.2, 0.25) is 0 Å². The second-order valence-corrected chi connectivity index (χ2v) is 5.17. The van der Waals surface area contributed by atoms with E-state index in [4.69, 9.17) is 19.9 Å². The van der Waals surface area contributed by atoms with Crippen LogP contribution in [0.3, 0.4) is 0 Å². The molecular weight excluding hydrogens is 342 g/mol. The maximum Gasteiger partial charge on any atom is 0.347 e. The Labute approximate surface area is 150 Å². The van der Waals surface area contributed by atoms with E-state index in [1.54, 1.807) is 42.5 Å². The lowest BCUT2D eigenvalue weighted by Gasteiger charge is -2.11. The number of carbonyl (C=O) groups is 1. The first kappa shape index (κ1) is 18.2. The van der Waals surface area contributed by atoms with Gasteiger partial charge >= 0.3 is 5.97 Å². The smallest absolute Gasteiger partial charge is 0.347 e. The van der Waals surface area contributed by atoms with Crippen molar-refractivity contribution in [3.63, 3.8) is 0 Å². The van der Waals surface area contributed by atoms with Crippen LogP contribution in [0, 0.1) is 0 Å². The van der Waals surface area contributed by atoms with Gasteiger partial charge in [-0.15, -0.1) is 0 Å². The molecule has 130 valence electrons. The van der Waals surface area contributed by atoms with Crippen molar-refractivity contribution in [2.75, 3.05) is 14.2 Å². The van der Waals surface area contributed by atoms with E-state index < -0.39 is 5.97 Å². The Morgan fingerprint density at radius 3 is 2.52 bits per heavy atom. The van der Waals surface area contributed by atoms with Crippen LogP contribution in [0.5, 0.6) is 17.2 Å². The molecule has 0 aliphatic heterocycles. The molecule has 2 aromatic rings. The maximum atomic E-state index is 12.4. The van der Waals surface area contributed by atoms with Crippen molar-refractivity contribution in [2.24, 2.45) is 10.8 Å². The van der Waals surface area contributed by atoms with E-state index >= 15 is 0 Å². The van der Waals surface area contributed by atoms with E-state index in [9.17, 15) is 4.79 Å². The van der Waals surface area contributed by atoms with Gasteiger partial charge in [0.15, 0.2) is 16.6 Å². The van der Waals surface area contributed by atoms with Gasteiger partial charge in [-0.1, -0.05) is 12.1 Å². The second kappa shape index (κ2) is 8.65. The molecule has 0 spiro atoms. The predicted octanol–water partition coefficient (Wildman–Crippen LogP) is 2.09. The van der Waals surface area contributed by atoms with Gasteiger partial charge in [-0.2, -0.15) is 5.10 Å². The zero-order valence-electron chi connectivity index (χ0n) is 13.7. The third-order valence-corrected chi connectivity index (χ3v) is 3.20. The van der Waals surface area contributed by atoms with Crippen molar-refractivity contribution in [1.29, 1.82) is 0 Å². The van der Waals surface area contributed by atoms with Gasteiger partial charge in [-0.3, -0.25) is 5.43 Å². The number of benzene rings is 2. The van der Waals surface area contributed by atoms with Crippen molar-refractivity contribution in [1.82, 2.24) is 5.43 Å². The second-order valence-electron chi connectivity index (χ2n) is 4.73. The summed E-state index contributed by atoms with van der Waals surface area (Å²) in [6.45, 7) is 0. The molecule has 0 atom stereocenters. The van der Waals surface area contributed by atoms with E-state index in [2.05, 4.69) is 22.7 Å². The highest BCUT2D eigenvalue weighted by Gasteiger charge is 2.16. The molecule has 25 heavy (non-hydrogen) atoms. The fourth-order valence-corrected chi connectivity index (χ4v) is 2.04. The summed E-state index contributed by atoms with van der Waals surface area (Å²) >= 11 is 4.66. The number of nitrogens with two attached hydrogens (primary N) is 1.